The molecule has 5 heteroatoms. The normalized spacial score (nSPS) is 18.4. The molecule has 1 fully saturated rings. The van der Waals surface area contributed by atoms with Crippen LogP contribution in [0.2, 0.25) is 0 Å². The molecule has 3 rings (SSSR count). The molecule has 1 saturated carbocycles. The topological polar surface area (TPSA) is 74.2 Å². The number of amides is 1. The first-order valence-electron chi connectivity index (χ1n) is 9.27. The molecule has 25 heavy (non-hydrogen) atoms. The predicted molar refractivity (Wildman–Crippen MR) is 102 cm³/mol. The van der Waals surface area contributed by atoms with Crippen LogP contribution in [0.1, 0.15) is 37.7 Å². The molecular formula is C20H30N4O. The molecule has 1 heterocycles. The van der Waals surface area contributed by atoms with Gasteiger partial charge in [0.25, 0.3) is 0 Å². The molecule has 2 aromatic rings. The Kier molecular flexibility index (Phi) is 5.45. The van der Waals surface area contributed by atoms with E-state index in [0.29, 0.717) is 13.0 Å². The smallest absolute Gasteiger partial charge is 0.237 e. The number of aromatic nitrogens is 1. The zero-order valence-electron chi connectivity index (χ0n) is 15.3. The number of nitrogens with zero attached hydrogens (tertiary/aromatic N) is 1. The summed E-state index contributed by atoms with van der Waals surface area (Å²) in [6, 6.07) is 7.58. The van der Waals surface area contributed by atoms with Gasteiger partial charge in [0.15, 0.2) is 0 Å². The number of nitrogens with two attached hydrogens (primary N) is 1. The first-order chi connectivity index (χ1) is 12.0. The average Bonchev–Trinajstić information content (AvgIpc) is 3.03. The highest BCUT2D eigenvalue weighted by atomic mass is 16.2. The van der Waals surface area contributed by atoms with Gasteiger partial charge in [-0.25, -0.2) is 0 Å². The van der Waals surface area contributed by atoms with Crippen molar-refractivity contribution in [3.63, 3.8) is 0 Å². The zero-order valence-corrected chi connectivity index (χ0v) is 15.3. The fourth-order valence-electron chi connectivity index (χ4n) is 4.00. The molecule has 1 aliphatic rings. The summed E-state index contributed by atoms with van der Waals surface area (Å²) in [4.78, 5) is 18.1. The van der Waals surface area contributed by atoms with Crippen LogP contribution in [0.3, 0.4) is 0 Å². The zero-order chi connectivity index (χ0) is 17.9. The number of para-hydroxylation sites is 1. The number of H-pyrrole nitrogens is 1. The van der Waals surface area contributed by atoms with Crippen LogP contribution in [0.4, 0.5) is 0 Å². The summed E-state index contributed by atoms with van der Waals surface area (Å²) in [5, 5.41) is 4.26. The van der Waals surface area contributed by atoms with Crippen molar-refractivity contribution in [3.05, 3.63) is 36.0 Å². The van der Waals surface area contributed by atoms with Crippen molar-refractivity contribution in [3.8, 4) is 0 Å². The minimum atomic E-state index is -0.526. The van der Waals surface area contributed by atoms with Crippen molar-refractivity contribution in [2.75, 3.05) is 20.6 Å². The maximum atomic E-state index is 12.5. The monoisotopic (exact) mass is 342 g/mol. The van der Waals surface area contributed by atoms with E-state index in [9.17, 15) is 4.79 Å². The number of carbonyl (C=O) groups is 1. The Hall–Kier alpha value is -1.85. The molecule has 5 nitrogen and oxygen atoms in total. The van der Waals surface area contributed by atoms with Gasteiger partial charge in [0.2, 0.25) is 5.91 Å². The Bertz CT molecular complexity index is 715. The number of likely N-dealkylation sites (N-methyl/N-ethyl adjacent to an activating group) is 1. The summed E-state index contributed by atoms with van der Waals surface area (Å²) >= 11 is 0. The second-order valence-electron chi connectivity index (χ2n) is 7.57. The van der Waals surface area contributed by atoms with Crippen LogP contribution in [0, 0.1) is 0 Å². The summed E-state index contributed by atoms with van der Waals surface area (Å²) in [5.41, 5.74) is 8.45. The van der Waals surface area contributed by atoms with Crippen LogP contribution in [-0.4, -0.2) is 48.0 Å². The molecule has 1 aromatic heterocycles. The van der Waals surface area contributed by atoms with Gasteiger partial charge in [-0.05, 0) is 45.0 Å². The van der Waals surface area contributed by atoms with E-state index in [1.165, 1.54) is 19.3 Å². The SMILES string of the molecule is CN(C)C1(CNC(=O)[C@@H](N)Cc2c[nH]c3ccccc23)CCCCC1. The van der Waals surface area contributed by atoms with E-state index < -0.39 is 6.04 Å². The second-order valence-corrected chi connectivity index (χ2v) is 7.57. The minimum absolute atomic E-state index is 0.0583. The molecule has 1 atom stereocenters. The summed E-state index contributed by atoms with van der Waals surface area (Å²) < 4.78 is 0. The van der Waals surface area contributed by atoms with E-state index in [-0.39, 0.29) is 11.4 Å². The lowest BCUT2D eigenvalue weighted by molar-refractivity contribution is -0.123. The Morgan fingerprint density at radius 1 is 1.28 bits per heavy atom. The molecule has 1 aliphatic carbocycles. The Labute approximate surface area is 150 Å². The summed E-state index contributed by atoms with van der Waals surface area (Å²) in [7, 11) is 4.23. The van der Waals surface area contributed by atoms with Crippen molar-refractivity contribution in [1.82, 2.24) is 15.2 Å². The van der Waals surface area contributed by atoms with Gasteiger partial charge < -0.3 is 20.9 Å². The van der Waals surface area contributed by atoms with E-state index in [1.807, 2.05) is 24.4 Å². The van der Waals surface area contributed by atoms with Crippen molar-refractivity contribution in [1.29, 1.82) is 0 Å². The highest BCUT2D eigenvalue weighted by molar-refractivity contribution is 5.86. The lowest BCUT2D eigenvalue weighted by atomic mass is 9.80. The number of hydrogen-bond acceptors (Lipinski definition) is 3. The molecule has 0 saturated heterocycles. The van der Waals surface area contributed by atoms with Crippen molar-refractivity contribution in [2.24, 2.45) is 5.73 Å². The third-order valence-electron chi connectivity index (χ3n) is 5.78. The Morgan fingerprint density at radius 2 is 2.00 bits per heavy atom. The third kappa shape index (κ3) is 3.88. The maximum absolute atomic E-state index is 12.5. The number of benzene rings is 1. The number of carbonyl (C=O) groups excluding carboxylic acids is 1. The molecule has 136 valence electrons. The van der Waals surface area contributed by atoms with Gasteiger partial charge in [0, 0.05) is 29.2 Å². The van der Waals surface area contributed by atoms with Gasteiger partial charge in [0.1, 0.15) is 0 Å². The molecule has 1 amide bonds. The fourth-order valence-corrected chi connectivity index (χ4v) is 4.00. The molecule has 0 aliphatic heterocycles. The highest BCUT2D eigenvalue weighted by Crippen LogP contribution is 2.31. The van der Waals surface area contributed by atoms with Crippen LogP contribution >= 0.6 is 0 Å². The maximum Gasteiger partial charge on any atom is 0.237 e. The van der Waals surface area contributed by atoms with E-state index in [4.69, 9.17) is 5.73 Å². The van der Waals surface area contributed by atoms with Crippen LogP contribution < -0.4 is 11.1 Å². The fraction of sp³-hybridized carbons (Fsp3) is 0.550. The molecule has 0 spiro atoms. The van der Waals surface area contributed by atoms with Crippen molar-refractivity contribution >= 4 is 16.8 Å². The molecule has 4 N–H and O–H groups in total. The van der Waals surface area contributed by atoms with E-state index in [1.54, 1.807) is 0 Å². The van der Waals surface area contributed by atoms with Gasteiger partial charge in [-0.15, -0.1) is 0 Å². The number of fused-ring (bicyclic) bond motifs is 1. The first-order valence-corrected chi connectivity index (χ1v) is 9.27. The van der Waals surface area contributed by atoms with Crippen LogP contribution in [0.25, 0.3) is 10.9 Å². The number of aromatic amines is 1. The van der Waals surface area contributed by atoms with Crippen molar-refractivity contribution < 1.29 is 4.79 Å². The van der Waals surface area contributed by atoms with E-state index in [0.717, 1.165) is 29.3 Å². The molecule has 0 unspecified atom stereocenters. The molecule has 1 aromatic carbocycles. The number of nitrogens with one attached hydrogen (secondary N) is 2. The molecule has 0 bridgehead atoms. The van der Waals surface area contributed by atoms with Gasteiger partial charge in [-0.2, -0.15) is 0 Å². The summed E-state index contributed by atoms with van der Waals surface area (Å²) in [5.74, 6) is -0.0583. The third-order valence-corrected chi connectivity index (χ3v) is 5.78. The Morgan fingerprint density at radius 3 is 2.72 bits per heavy atom. The van der Waals surface area contributed by atoms with Crippen LogP contribution in [-0.2, 0) is 11.2 Å². The molecular weight excluding hydrogens is 312 g/mol. The summed E-state index contributed by atoms with van der Waals surface area (Å²) in [6.45, 7) is 0.681. The number of hydrogen-bond donors (Lipinski definition) is 3. The van der Waals surface area contributed by atoms with E-state index >= 15 is 0 Å². The number of rotatable bonds is 6. The van der Waals surface area contributed by atoms with Gasteiger partial charge in [-0.1, -0.05) is 37.5 Å². The van der Waals surface area contributed by atoms with Gasteiger partial charge in [-0.3, -0.25) is 4.79 Å². The molecule has 0 radical (unpaired) electrons. The lowest BCUT2D eigenvalue weighted by Gasteiger charge is -2.43. The van der Waals surface area contributed by atoms with Crippen molar-refractivity contribution in [2.45, 2.75) is 50.1 Å². The average molecular weight is 342 g/mol. The van der Waals surface area contributed by atoms with E-state index in [2.05, 4.69) is 35.4 Å². The standard InChI is InChI=1S/C20H30N4O/c1-24(2)20(10-6-3-7-11-20)14-23-19(25)17(21)12-15-13-22-18-9-5-4-8-16(15)18/h4-5,8-9,13,17,22H,3,6-7,10-12,14,21H2,1-2H3,(H,23,25)/t17-/m0/s1. The Balaban J connectivity index is 1.60. The van der Waals surface area contributed by atoms with Crippen LogP contribution in [0.15, 0.2) is 30.5 Å². The largest absolute Gasteiger partial charge is 0.361 e. The van der Waals surface area contributed by atoms with Crippen LogP contribution in [0.5, 0.6) is 0 Å². The quantitative estimate of drug-likeness (QED) is 0.755. The minimum Gasteiger partial charge on any atom is -0.361 e. The van der Waals surface area contributed by atoms with Gasteiger partial charge >= 0.3 is 0 Å². The highest BCUT2D eigenvalue weighted by Gasteiger charge is 2.34. The van der Waals surface area contributed by atoms with Gasteiger partial charge in [0.05, 0.1) is 6.04 Å². The summed E-state index contributed by atoms with van der Waals surface area (Å²) in [6.07, 6.45) is 8.54. The predicted octanol–water partition coefficient (Wildman–Crippen LogP) is 2.42. The second kappa shape index (κ2) is 7.58. The first kappa shape index (κ1) is 18.0. The lowest BCUT2D eigenvalue weighted by Crippen LogP contribution is -2.56.